The number of benzene rings is 1. The lowest BCUT2D eigenvalue weighted by molar-refractivity contribution is 0.419. The van der Waals surface area contributed by atoms with E-state index in [1.807, 2.05) is 29.9 Å². The van der Waals surface area contributed by atoms with E-state index in [1.54, 1.807) is 29.3 Å². The molecule has 1 aliphatic heterocycles. The van der Waals surface area contributed by atoms with Gasteiger partial charge in [-0.1, -0.05) is 19.1 Å². The Balaban J connectivity index is 1.61. The van der Waals surface area contributed by atoms with Crippen molar-refractivity contribution in [2.75, 3.05) is 0 Å². The van der Waals surface area contributed by atoms with Gasteiger partial charge in [-0.2, -0.15) is 9.40 Å². The summed E-state index contributed by atoms with van der Waals surface area (Å²) < 4.78 is 31.3. The summed E-state index contributed by atoms with van der Waals surface area (Å²) in [5, 5.41) is 4.57. The van der Waals surface area contributed by atoms with E-state index in [0.717, 1.165) is 28.9 Å². The minimum absolute atomic E-state index is 0.339. The third-order valence-corrected chi connectivity index (χ3v) is 6.69. The van der Waals surface area contributed by atoms with Crippen LogP contribution in [0.4, 0.5) is 0 Å². The van der Waals surface area contributed by atoms with Gasteiger partial charge in [-0.3, -0.25) is 4.68 Å². The molecule has 7 nitrogen and oxygen atoms in total. The Bertz CT molecular complexity index is 1020. The van der Waals surface area contributed by atoms with Gasteiger partial charge in [0.15, 0.2) is 0 Å². The maximum atomic E-state index is 13.0. The quantitative estimate of drug-likeness (QED) is 0.687. The summed E-state index contributed by atoms with van der Waals surface area (Å²) in [5.74, 6) is 0. The highest BCUT2D eigenvalue weighted by molar-refractivity contribution is 7.89. The van der Waals surface area contributed by atoms with Crippen LogP contribution in [0.25, 0.3) is 0 Å². The van der Waals surface area contributed by atoms with Gasteiger partial charge >= 0.3 is 0 Å². The molecule has 0 amide bonds. The predicted octanol–water partition coefficient (Wildman–Crippen LogP) is 1.93. The van der Waals surface area contributed by atoms with Gasteiger partial charge in [0.05, 0.1) is 35.7 Å². The summed E-state index contributed by atoms with van der Waals surface area (Å²) in [4.78, 5) is 4.39. The predicted molar refractivity (Wildman–Crippen MR) is 96.8 cm³/mol. The van der Waals surface area contributed by atoms with E-state index in [4.69, 9.17) is 0 Å². The number of hydrogen-bond acceptors (Lipinski definition) is 4. The average Bonchev–Trinajstić information content (AvgIpc) is 3.35. The number of nitrogens with zero attached hydrogens (tertiary/aromatic N) is 5. The molecule has 0 N–H and O–H groups in total. The van der Waals surface area contributed by atoms with E-state index in [9.17, 15) is 8.42 Å². The molecule has 2 aromatic heterocycles. The largest absolute Gasteiger partial charge is 0.331 e. The Morgan fingerprint density at radius 1 is 1.15 bits per heavy atom. The van der Waals surface area contributed by atoms with Crippen LogP contribution in [0, 0.1) is 0 Å². The highest BCUT2D eigenvalue weighted by Gasteiger charge is 2.34. The molecule has 1 aliphatic rings. The summed E-state index contributed by atoms with van der Waals surface area (Å²) in [5.41, 5.74) is 3.96. The topological polar surface area (TPSA) is 73.0 Å². The zero-order valence-corrected chi connectivity index (χ0v) is 15.6. The average molecular weight is 371 g/mol. The second-order valence-corrected chi connectivity index (χ2v) is 8.44. The first-order valence-corrected chi connectivity index (χ1v) is 10.0. The van der Waals surface area contributed by atoms with Crippen LogP contribution in [0.5, 0.6) is 0 Å². The van der Waals surface area contributed by atoms with Gasteiger partial charge < -0.3 is 4.57 Å². The van der Waals surface area contributed by atoms with Crippen molar-refractivity contribution in [2.45, 2.75) is 37.9 Å². The lowest BCUT2D eigenvalue weighted by Crippen LogP contribution is -2.26. The summed E-state index contributed by atoms with van der Waals surface area (Å²) in [6, 6.07) is 7.15. The van der Waals surface area contributed by atoms with E-state index >= 15 is 0 Å². The van der Waals surface area contributed by atoms with Crippen LogP contribution in [0.3, 0.4) is 0 Å². The number of hydrogen-bond donors (Lipinski definition) is 0. The molecule has 0 saturated carbocycles. The number of imidazole rings is 1. The normalized spacial score (nSPS) is 14.7. The first-order chi connectivity index (χ1) is 12.5. The van der Waals surface area contributed by atoms with Crippen LogP contribution in [0.1, 0.15) is 29.4 Å². The zero-order chi connectivity index (χ0) is 18.3. The summed E-state index contributed by atoms with van der Waals surface area (Å²) >= 11 is 0. The van der Waals surface area contributed by atoms with Crippen LogP contribution in [-0.4, -0.2) is 32.1 Å². The summed E-state index contributed by atoms with van der Waals surface area (Å²) in [6.45, 7) is 3.34. The Kier molecular flexibility index (Phi) is 4.16. The molecule has 0 unspecified atom stereocenters. The van der Waals surface area contributed by atoms with E-state index in [0.29, 0.717) is 24.5 Å². The second kappa shape index (κ2) is 6.37. The summed E-state index contributed by atoms with van der Waals surface area (Å²) in [7, 11) is -1.66. The van der Waals surface area contributed by atoms with Crippen LogP contribution in [-0.2, 0) is 43.1 Å². The third kappa shape index (κ3) is 2.85. The lowest BCUT2D eigenvalue weighted by atomic mass is 10.2. The Morgan fingerprint density at radius 3 is 2.58 bits per heavy atom. The maximum absolute atomic E-state index is 13.0. The first-order valence-electron chi connectivity index (χ1n) is 8.57. The zero-order valence-electron chi connectivity index (χ0n) is 14.8. The smallest absolute Gasteiger partial charge is 0.243 e. The number of rotatable bonds is 5. The lowest BCUT2D eigenvalue weighted by Gasteiger charge is -2.16. The molecule has 1 aromatic carbocycles. The van der Waals surface area contributed by atoms with Crippen molar-refractivity contribution in [1.29, 1.82) is 0 Å². The van der Waals surface area contributed by atoms with E-state index in [-0.39, 0.29) is 0 Å². The summed E-state index contributed by atoms with van der Waals surface area (Å²) in [6.07, 6.45) is 6.22. The molecule has 0 spiro atoms. The fourth-order valence-electron chi connectivity index (χ4n) is 3.34. The SMILES string of the molecule is CCc1ccc(S(=O)(=O)N2Cc3c(Cn4ccnc4)nn(C)c3C2)cc1. The van der Waals surface area contributed by atoms with Crippen molar-refractivity contribution in [3.63, 3.8) is 0 Å². The molecule has 136 valence electrons. The van der Waals surface area contributed by atoms with Crippen LogP contribution >= 0.6 is 0 Å². The molecule has 0 fully saturated rings. The molecule has 26 heavy (non-hydrogen) atoms. The monoisotopic (exact) mass is 371 g/mol. The fourth-order valence-corrected chi connectivity index (χ4v) is 4.71. The molecular weight excluding hydrogens is 350 g/mol. The molecular formula is C18H21N5O2S. The molecule has 0 atom stereocenters. The fraction of sp³-hybridized carbons (Fsp3) is 0.333. The van der Waals surface area contributed by atoms with Gasteiger partial charge in [-0.05, 0) is 24.1 Å². The van der Waals surface area contributed by atoms with Crippen LogP contribution < -0.4 is 0 Å². The van der Waals surface area contributed by atoms with Crippen LogP contribution in [0.15, 0.2) is 47.9 Å². The van der Waals surface area contributed by atoms with E-state index in [2.05, 4.69) is 17.0 Å². The van der Waals surface area contributed by atoms with Gasteiger partial charge in [0.1, 0.15) is 0 Å². The standard InChI is InChI=1S/C18H21N5O2S/c1-3-14-4-6-15(7-5-14)26(24,25)23-10-16-17(11-22-9-8-19-13-22)20-21(2)18(16)12-23/h4-9,13H,3,10-12H2,1-2H3. The van der Waals surface area contributed by atoms with Gasteiger partial charge in [0, 0.05) is 31.5 Å². The van der Waals surface area contributed by atoms with Crippen molar-refractivity contribution in [3.8, 4) is 0 Å². The molecule has 4 rings (SSSR count). The molecule has 8 heteroatoms. The number of aromatic nitrogens is 4. The van der Waals surface area contributed by atoms with Crippen molar-refractivity contribution in [2.24, 2.45) is 7.05 Å². The van der Waals surface area contributed by atoms with Crippen molar-refractivity contribution >= 4 is 10.0 Å². The molecule has 0 radical (unpaired) electrons. The second-order valence-electron chi connectivity index (χ2n) is 6.50. The van der Waals surface area contributed by atoms with Gasteiger partial charge in [0.2, 0.25) is 10.0 Å². The van der Waals surface area contributed by atoms with Crippen molar-refractivity contribution < 1.29 is 8.42 Å². The van der Waals surface area contributed by atoms with E-state index < -0.39 is 10.0 Å². The number of aryl methyl sites for hydroxylation is 2. The molecule has 3 heterocycles. The Morgan fingerprint density at radius 2 is 1.92 bits per heavy atom. The van der Waals surface area contributed by atoms with Crippen LogP contribution in [0.2, 0.25) is 0 Å². The molecule has 0 saturated heterocycles. The van der Waals surface area contributed by atoms with Gasteiger partial charge in [0.25, 0.3) is 0 Å². The van der Waals surface area contributed by atoms with Gasteiger partial charge in [-0.15, -0.1) is 0 Å². The Labute approximate surface area is 152 Å². The van der Waals surface area contributed by atoms with Gasteiger partial charge in [-0.25, -0.2) is 13.4 Å². The minimum Gasteiger partial charge on any atom is -0.331 e. The van der Waals surface area contributed by atoms with Crippen molar-refractivity contribution in [1.82, 2.24) is 23.6 Å². The number of fused-ring (bicyclic) bond motifs is 1. The highest BCUT2D eigenvalue weighted by Crippen LogP contribution is 2.31. The highest BCUT2D eigenvalue weighted by atomic mass is 32.2. The third-order valence-electron chi connectivity index (χ3n) is 4.88. The molecule has 0 aliphatic carbocycles. The molecule has 3 aromatic rings. The first kappa shape index (κ1) is 17.0. The number of sulfonamides is 1. The maximum Gasteiger partial charge on any atom is 0.243 e. The molecule has 0 bridgehead atoms. The van der Waals surface area contributed by atoms with Crippen molar-refractivity contribution in [3.05, 3.63) is 65.5 Å². The Hall–Kier alpha value is -2.45. The van der Waals surface area contributed by atoms with E-state index in [1.165, 1.54) is 4.31 Å². The minimum atomic E-state index is -3.52.